The minimum absolute atomic E-state index is 0.247. The molecule has 0 fully saturated rings. The number of benzene rings is 1. The number of carbonyl (C=O) groups is 2. The number of amides is 2. The van der Waals surface area contributed by atoms with Crippen molar-refractivity contribution in [3.05, 3.63) is 34.3 Å². The quantitative estimate of drug-likeness (QED) is 0.702. The lowest BCUT2D eigenvalue weighted by Gasteiger charge is -2.07. The van der Waals surface area contributed by atoms with Gasteiger partial charge in [0.1, 0.15) is 6.73 Å². The fourth-order valence-electron chi connectivity index (χ4n) is 1.39. The molecule has 0 saturated heterocycles. The highest BCUT2D eigenvalue weighted by molar-refractivity contribution is 6.32. The number of hydrogen-bond acceptors (Lipinski definition) is 3. The van der Waals surface area contributed by atoms with E-state index in [2.05, 4.69) is 0 Å². The maximum absolute atomic E-state index is 11.5. The Morgan fingerprint density at radius 2 is 1.86 bits per heavy atom. The zero-order valence-corrected chi connectivity index (χ0v) is 7.78. The number of carbonyl (C=O) groups excluding carboxylic acids is 2. The van der Waals surface area contributed by atoms with Crippen LogP contribution < -0.4 is 0 Å². The lowest BCUT2D eigenvalue weighted by molar-refractivity contribution is 0.0490. The van der Waals surface area contributed by atoms with Crippen LogP contribution in [0.15, 0.2) is 18.2 Å². The summed E-state index contributed by atoms with van der Waals surface area (Å²) in [6.45, 7) is -0.607. The van der Waals surface area contributed by atoms with Crippen LogP contribution in [-0.2, 0) is 0 Å². The smallest absolute Gasteiger partial charge is 0.263 e. The van der Waals surface area contributed by atoms with E-state index in [0.29, 0.717) is 5.02 Å². The average Bonchev–Trinajstić information content (AvgIpc) is 2.39. The summed E-state index contributed by atoms with van der Waals surface area (Å²) in [6.07, 6.45) is 0. The standard InChI is InChI=1S/C9H6ClNO3/c10-5-1-2-6-7(3-5)9(14)11(4-12)8(6)13/h1-3,12H,4H2. The minimum Gasteiger partial charge on any atom is -0.376 e. The van der Waals surface area contributed by atoms with Crippen molar-refractivity contribution in [1.82, 2.24) is 4.90 Å². The molecule has 5 heteroatoms. The fourth-order valence-corrected chi connectivity index (χ4v) is 1.56. The fraction of sp³-hybridized carbons (Fsp3) is 0.111. The molecule has 72 valence electrons. The van der Waals surface area contributed by atoms with Gasteiger partial charge in [0, 0.05) is 5.02 Å². The summed E-state index contributed by atoms with van der Waals surface area (Å²) >= 11 is 5.68. The van der Waals surface area contributed by atoms with E-state index in [0.717, 1.165) is 4.90 Å². The second-order valence-electron chi connectivity index (χ2n) is 2.87. The van der Waals surface area contributed by atoms with Crippen LogP contribution in [0, 0.1) is 0 Å². The van der Waals surface area contributed by atoms with Gasteiger partial charge in [-0.05, 0) is 18.2 Å². The van der Waals surface area contributed by atoms with Crippen LogP contribution >= 0.6 is 11.6 Å². The molecule has 1 N–H and O–H groups in total. The number of rotatable bonds is 1. The van der Waals surface area contributed by atoms with Crippen LogP contribution in [0.1, 0.15) is 20.7 Å². The highest BCUT2D eigenvalue weighted by atomic mass is 35.5. The first-order valence-corrected chi connectivity index (χ1v) is 4.29. The van der Waals surface area contributed by atoms with E-state index in [1.165, 1.54) is 18.2 Å². The first-order valence-electron chi connectivity index (χ1n) is 3.91. The SMILES string of the molecule is O=C1c2ccc(Cl)cc2C(=O)N1CO. The van der Waals surface area contributed by atoms with Gasteiger partial charge in [0.25, 0.3) is 11.8 Å². The zero-order valence-electron chi connectivity index (χ0n) is 7.03. The highest BCUT2D eigenvalue weighted by Crippen LogP contribution is 2.24. The third kappa shape index (κ3) is 1.12. The Morgan fingerprint density at radius 3 is 2.50 bits per heavy atom. The van der Waals surface area contributed by atoms with Crippen molar-refractivity contribution in [3.63, 3.8) is 0 Å². The predicted octanol–water partition coefficient (Wildman–Crippen LogP) is 0.886. The summed E-state index contributed by atoms with van der Waals surface area (Å²) in [4.78, 5) is 23.7. The summed E-state index contributed by atoms with van der Waals surface area (Å²) in [5.41, 5.74) is 0.532. The Bertz CT molecular complexity index is 430. The second kappa shape index (κ2) is 3.08. The molecule has 14 heavy (non-hydrogen) atoms. The van der Waals surface area contributed by atoms with Crippen molar-refractivity contribution in [2.24, 2.45) is 0 Å². The lowest BCUT2D eigenvalue weighted by Crippen LogP contribution is -2.30. The molecular weight excluding hydrogens is 206 g/mol. The van der Waals surface area contributed by atoms with Gasteiger partial charge in [-0.1, -0.05) is 11.6 Å². The monoisotopic (exact) mass is 211 g/mol. The van der Waals surface area contributed by atoms with Gasteiger partial charge in [0.05, 0.1) is 11.1 Å². The second-order valence-corrected chi connectivity index (χ2v) is 3.31. The van der Waals surface area contributed by atoms with Crippen molar-refractivity contribution in [2.45, 2.75) is 0 Å². The van der Waals surface area contributed by atoms with Crippen molar-refractivity contribution < 1.29 is 14.7 Å². The molecule has 1 aliphatic heterocycles. The molecule has 0 saturated carbocycles. The molecule has 1 heterocycles. The van der Waals surface area contributed by atoms with Crippen LogP contribution in [0.2, 0.25) is 5.02 Å². The molecule has 4 nitrogen and oxygen atoms in total. The molecule has 0 atom stereocenters. The molecule has 0 radical (unpaired) electrons. The predicted molar refractivity (Wildman–Crippen MR) is 49.0 cm³/mol. The van der Waals surface area contributed by atoms with Crippen LogP contribution in [-0.4, -0.2) is 28.6 Å². The number of aliphatic hydroxyl groups excluding tert-OH is 1. The largest absolute Gasteiger partial charge is 0.376 e. The molecule has 2 amide bonds. The highest BCUT2D eigenvalue weighted by Gasteiger charge is 2.34. The first-order chi connectivity index (χ1) is 6.65. The van der Waals surface area contributed by atoms with Gasteiger partial charge in [-0.3, -0.25) is 14.5 Å². The van der Waals surface area contributed by atoms with E-state index in [-0.39, 0.29) is 11.1 Å². The topological polar surface area (TPSA) is 57.6 Å². The molecular formula is C9H6ClNO3. The molecule has 2 rings (SSSR count). The van der Waals surface area contributed by atoms with Gasteiger partial charge in [-0.25, -0.2) is 0 Å². The van der Waals surface area contributed by atoms with Crippen LogP contribution in [0.4, 0.5) is 0 Å². The van der Waals surface area contributed by atoms with E-state index in [1.807, 2.05) is 0 Å². The molecule has 0 bridgehead atoms. The van der Waals surface area contributed by atoms with Crippen LogP contribution in [0.3, 0.4) is 0 Å². The Morgan fingerprint density at radius 1 is 1.21 bits per heavy atom. The summed E-state index contributed by atoms with van der Waals surface area (Å²) in [6, 6.07) is 4.44. The van der Waals surface area contributed by atoms with Crippen LogP contribution in [0.25, 0.3) is 0 Å². The normalized spacial score (nSPS) is 14.9. The van der Waals surface area contributed by atoms with Gasteiger partial charge in [-0.15, -0.1) is 0 Å². The summed E-state index contributed by atoms with van der Waals surface area (Å²) in [7, 11) is 0. The maximum Gasteiger partial charge on any atom is 0.263 e. The van der Waals surface area contributed by atoms with E-state index >= 15 is 0 Å². The lowest BCUT2D eigenvalue weighted by atomic mass is 10.1. The molecule has 1 aliphatic rings. The Labute approximate surface area is 84.7 Å². The van der Waals surface area contributed by atoms with Crippen molar-refractivity contribution in [2.75, 3.05) is 6.73 Å². The maximum atomic E-state index is 11.5. The number of hydrogen-bond donors (Lipinski definition) is 1. The van der Waals surface area contributed by atoms with Gasteiger partial charge in [-0.2, -0.15) is 0 Å². The molecule has 0 aliphatic carbocycles. The number of nitrogens with zero attached hydrogens (tertiary/aromatic N) is 1. The van der Waals surface area contributed by atoms with Gasteiger partial charge in [0.2, 0.25) is 0 Å². The van der Waals surface area contributed by atoms with Crippen LogP contribution in [0.5, 0.6) is 0 Å². The Balaban J connectivity index is 2.58. The Hall–Kier alpha value is -1.39. The average molecular weight is 212 g/mol. The van der Waals surface area contributed by atoms with E-state index in [4.69, 9.17) is 16.7 Å². The summed E-state index contributed by atoms with van der Waals surface area (Å²) in [5, 5.41) is 9.19. The molecule has 0 spiro atoms. The summed E-state index contributed by atoms with van der Waals surface area (Å²) in [5.74, 6) is -0.987. The zero-order chi connectivity index (χ0) is 10.3. The summed E-state index contributed by atoms with van der Waals surface area (Å²) < 4.78 is 0. The third-order valence-electron chi connectivity index (χ3n) is 2.07. The third-order valence-corrected chi connectivity index (χ3v) is 2.31. The van der Waals surface area contributed by atoms with Crippen molar-refractivity contribution >= 4 is 23.4 Å². The number of imide groups is 1. The number of aliphatic hydroxyl groups is 1. The molecule has 0 unspecified atom stereocenters. The van der Waals surface area contributed by atoms with Gasteiger partial charge >= 0.3 is 0 Å². The van der Waals surface area contributed by atoms with Gasteiger partial charge < -0.3 is 5.11 Å². The minimum atomic E-state index is -0.607. The van der Waals surface area contributed by atoms with Crippen molar-refractivity contribution in [3.8, 4) is 0 Å². The molecule has 1 aromatic rings. The van der Waals surface area contributed by atoms with E-state index < -0.39 is 18.5 Å². The molecule has 1 aromatic carbocycles. The van der Waals surface area contributed by atoms with Gasteiger partial charge in [0.15, 0.2) is 0 Å². The molecule has 0 aromatic heterocycles. The van der Waals surface area contributed by atoms with E-state index in [1.54, 1.807) is 0 Å². The first kappa shape index (κ1) is 9.18. The Kier molecular flexibility index (Phi) is 2.02. The van der Waals surface area contributed by atoms with E-state index in [9.17, 15) is 9.59 Å². The van der Waals surface area contributed by atoms with Crippen molar-refractivity contribution in [1.29, 1.82) is 0 Å². The number of halogens is 1. The number of fused-ring (bicyclic) bond motifs is 1.